The molecule has 0 bridgehead atoms. The summed E-state index contributed by atoms with van der Waals surface area (Å²) in [5.74, 6) is 0.514. The summed E-state index contributed by atoms with van der Waals surface area (Å²) in [5, 5.41) is 0.125. The zero-order valence-electron chi connectivity index (χ0n) is 10.6. The van der Waals surface area contributed by atoms with E-state index in [1.165, 1.54) is 28.8 Å². The molecular formula is C16H16Cl2S. The lowest BCUT2D eigenvalue weighted by atomic mass is 9.92. The van der Waals surface area contributed by atoms with Crippen LogP contribution in [0.1, 0.15) is 34.2 Å². The van der Waals surface area contributed by atoms with Crippen LogP contribution in [-0.2, 0) is 12.8 Å². The number of alkyl halides is 1. The minimum absolute atomic E-state index is 0.125. The highest BCUT2D eigenvalue weighted by atomic mass is 35.5. The van der Waals surface area contributed by atoms with E-state index in [2.05, 4.69) is 30.3 Å². The van der Waals surface area contributed by atoms with Gasteiger partial charge in [0.05, 0.1) is 9.71 Å². The molecule has 100 valence electrons. The number of benzene rings is 1. The molecule has 3 heteroatoms. The average molecular weight is 311 g/mol. The number of aryl methyl sites for hydroxylation is 1. The van der Waals surface area contributed by atoms with Gasteiger partial charge in [-0.1, -0.05) is 35.9 Å². The van der Waals surface area contributed by atoms with Crippen LogP contribution >= 0.6 is 34.5 Å². The molecule has 19 heavy (non-hydrogen) atoms. The van der Waals surface area contributed by atoms with Crippen molar-refractivity contribution in [1.82, 2.24) is 0 Å². The Kier molecular flexibility index (Phi) is 4.16. The molecule has 0 N–H and O–H groups in total. The minimum atomic E-state index is 0.125. The van der Waals surface area contributed by atoms with E-state index in [0.29, 0.717) is 5.92 Å². The monoisotopic (exact) mass is 310 g/mol. The lowest BCUT2D eigenvalue weighted by molar-refractivity contribution is 0.468. The predicted octanol–water partition coefficient (Wildman–Crippen LogP) is 5.88. The Morgan fingerprint density at radius 1 is 1.16 bits per heavy atom. The SMILES string of the molecule is Clc1ccc(CC2CCCc3ccccc3C2Cl)s1. The first-order valence-corrected chi connectivity index (χ1v) is 8.33. The van der Waals surface area contributed by atoms with Crippen LogP contribution in [0.5, 0.6) is 0 Å². The summed E-state index contributed by atoms with van der Waals surface area (Å²) in [5.41, 5.74) is 2.75. The Balaban J connectivity index is 1.83. The van der Waals surface area contributed by atoms with E-state index in [9.17, 15) is 0 Å². The van der Waals surface area contributed by atoms with Crippen LogP contribution in [0.2, 0.25) is 4.34 Å². The molecule has 0 fully saturated rings. The Morgan fingerprint density at radius 2 is 2.00 bits per heavy atom. The summed E-state index contributed by atoms with van der Waals surface area (Å²) in [6.45, 7) is 0. The van der Waals surface area contributed by atoms with E-state index in [0.717, 1.165) is 17.2 Å². The third kappa shape index (κ3) is 2.99. The van der Waals surface area contributed by atoms with Crippen LogP contribution in [0.25, 0.3) is 0 Å². The normalized spacial score (nSPS) is 22.8. The molecule has 1 heterocycles. The Hall–Kier alpha value is -0.500. The summed E-state index contributed by atoms with van der Waals surface area (Å²) in [6, 6.07) is 12.7. The number of fused-ring (bicyclic) bond motifs is 1. The van der Waals surface area contributed by atoms with Crippen LogP contribution in [0.3, 0.4) is 0 Å². The van der Waals surface area contributed by atoms with Gasteiger partial charge < -0.3 is 0 Å². The topological polar surface area (TPSA) is 0 Å². The lowest BCUT2D eigenvalue weighted by Gasteiger charge is -2.20. The first-order chi connectivity index (χ1) is 9.24. The molecule has 0 amide bonds. The fourth-order valence-electron chi connectivity index (χ4n) is 2.91. The van der Waals surface area contributed by atoms with Crippen molar-refractivity contribution in [3.05, 3.63) is 56.7 Å². The number of rotatable bonds is 2. The quantitative estimate of drug-likeness (QED) is 0.480. The smallest absolute Gasteiger partial charge is 0.0931 e. The maximum atomic E-state index is 6.75. The highest BCUT2D eigenvalue weighted by Gasteiger charge is 2.26. The Morgan fingerprint density at radius 3 is 2.79 bits per heavy atom. The second kappa shape index (κ2) is 5.87. The van der Waals surface area contributed by atoms with Gasteiger partial charge in [-0.2, -0.15) is 0 Å². The van der Waals surface area contributed by atoms with Gasteiger partial charge in [-0.05, 0) is 54.9 Å². The maximum absolute atomic E-state index is 6.75. The van der Waals surface area contributed by atoms with Crippen molar-refractivity contribution in [3.63, 3.8) is 0 Å². The number of hydrogen-bond acceptors (Lipinski definition) is 1. The standard InChI is InChI=1S/C16H16Cl2S/c17-15-9-8-13(19-15)10-12-6-3-5-11-4-1-2-7-14(11)16(12)18/h1-2,4,7-9,12,16H,3,5-6,10H2. The molecule has 1 aliphatic rings. The average Bonchev–Trinajstić information content (AvgIpc) is 2.75. The van der Waals surface area contributed by atoms with Crippen molar-refractivity contribution in [3.8, 4) is 0 Å². The molecule has 2 unspecified atom stereocenters. The van der Waals surface area contributed by atoms with Crippen LogP contribution in [0.15, 0.2) is 36.4 Å². The van der Waals surface area contributed by atoms with E-state index in [1.54, 1.807) is 11.3 Å². The van der Waals surface area contributed by atoms with Gasteiger partial charge in [-0.3, -0.25) is 0 Å². The molecule has 0 aliphatic heterocycles. The van der Waals surface area contributed by atoms with Crippen LogP contribution < -0.4 is 0 Å². The molecule has 1 aromatic carbocycles. The second-order valence-corrected chi connectivity index (χ2v) is 7.43. The van der Waals surface area contributed by atoms with E-state index >= 15 is 0 Å². The zero-order valence-corrected chi connectivity index (χ0v) is 12.9. The second-order valence-electron chi connectivity index (χ2n) is 5.16. The van der Waals surface area contributed by atoms with Crippen LogP contribution in [0.4, 0.5) is 0 Å². The van der Waals surface area contributed by atoms with Crippen molar-refractivity contribution in [2.24, 2.45) is 5.92 Å². The van der Waals surface area contributed by atoms with Crippen molar-refractivity contribution in [2.45, 2.75) is 31.1 Å². The molecule has 1 aromatic heterocycles. The molecule has 0 nitrogen and oxygen atoms in total. The van der Waals surface area contributed by atoms with Gasteiger partial charge in [0.15, 0.2) is 0 Å². The summed E-state index contributed by atoms with van der Waals surface area (Å²) in [4.78, 5) is 1.35. The number of thiophene rings is 1. The van der Waals surface area contributed by atoms with Crippen molar-refractivity contribution < 1.29 is 0 Å². The number of halogens is 2. The van der Waals surface area contributed by atoms with Gasteiger partial charge in [-0.15, -0.1) is 22.9 Å². The largest absolute Gasteiger partial charge is 0.128 e. The predicted molar refractivity (Wildman–Crippen MR) is 84.5 cm³/mol. The van der Waals surface area contributed by atoms with Gasteiger partial charge in [0.1, 0.15) is 0 Å². The highest BCUT2D eigenvalue weighted by molar-refractivity contribution is 7.16. The van der Waals surface area contributed by atoms with E-state index in [-0.39, 0.29) is 5.38 Å². The van der Waals surface area contributed by atoms with Crippen LogP contribution in [-0.4, -0.2) is 0 Å². The molecular weight excluding hydrogens is 295 g/mol. The molecule has 2 aromatic rings. The fourth-order valence-corrected chi connectivity index (χ4v) is 4.52. The zero-order chi connectivity index (χ0) is 13.2. The summed E-state index contributed by atoms with van der Waals surface area (Å²) in [6.07, 6.45) is 4.61. The van der Waals surface area contributed by atoms with Gasteiger partial charge in [0, 0.05) is 4.88 Å². The van der Waals surface area contributed by atoms with Crippen LogP contribution in [0, 0.1) is 5.92 Å². The van der Waals surface area contributed by atoms with E-state index in [4.69, 9.17) is 23.2 Å². The maximum Gasteiger partial charge on any atom is 0.0931 e. The minimum Gasteiger partial charge on any atom is -0.128 e. The lowest BCUT2D eigenvalue weighted by Crippen LogP contribution is -2.09. The molecule has 0 spiro atoms. The van der Waals surface area contributed by atoms with E-state index in [1.807, 2.05) is 6.07 Å². The summed E-state index contributed by atoms with van der Waals surface area (Å²) < 4.78 is 0.871. The van der Waals surface area contributed by atoms with Crippen molar-refractivity contribution >= 4 is 34.5 Å². The molecule has 0 saturated heterocycles. The first-order valence-electron chi connectivity index (χ1n) is 6.70. The van der Waals surface area contributed by atoms with Gasteiger partial charge >= 0.3 is 0 Å². The van der Waals surface area contributed by atoms with Crippen molar-refractivity contribution in [2.75, 3.05) is 0 Å². The van der Waals surface area contributed by atoms with Gasteiger partial charge in [-0.25, -0.2) is 0 Å². The van der Waals surface area contributed by atoms with Crippen molar-refractivity contribution in [1.29, 1.82) is 0 Å². The highest BCUT2D eigenvalue weighted by Crippen LogP contribution is 2.40. The number of hydrogen-bond donors (Lipinski definition) is 0. The Bertz CT molecular complexity index is 561. The third-order valence-electron chi connectivity index (χ3n) is 3.88. The van der Waals surface area contributed by atoms with E-state index < -0.39 is 0 Å². The molecule has 3 rings (SSSR count). The molecule has 1 aliphatic carbocycles. The van der Waals surface area contributed by atoms with Gasteiger partial charge in [0.2, 0.25) is 0 Å². The molecule has 0 saturated carbocycles. The fraction of sp³-hybridized carbons (Fsp3) is 0.375. The Labute approximate surface area is 128 Å². The summed E-state index contributed by atoms with van der Waals surface area (Å²) in [7, 11) is 0. The molecule has 0 radical (unpaired) electrons. The molecule has 2 atom stereocenters. The third-order valence-corrected chi connectivity index (χ3v) is 5.72. The van der Waals surface area contributed by atoms with Gasteiger partial charge in [0.25, 0.3) is 0 Å². The summed E-state index contributed by atoms with van der Waals surface area (Å²) >= 11 is 14.4. The first kappa shape index (κ1) is 13.5.